The molecule has 100 valence electrons. The van der Waals surface area contributed by atoms with E-state index in [4.69, 9.17) is 11.6 Å². The van der Waals surface area contributed by atoms with Gasteiger partial charge in [-0.15, -0.1) is 0 Å². The van der Waals surface area contributed by atoms with Crippen molar-refractivity contribution in [2.24, 2.45) is 0 Å². The topological polar surface area (TPSA) is 40.6 Å². The van der Waals surface area contributed by atoms with Crippen molar-refractivity contribution in [3.63, 3.8) is 0 Å². The van der Waals surface area contributed by atoms with Crippen molar-refractivity contribution in [3.05, 3.63) is 29.3 Å². The van der Waals surface area contributed by atoms with Gasteiger partial charge in [-0.05, 0) is 37.2 Å². The van der Waals surface area contributed by atoms with Gasteiger partial charge in [0.05, 0.1) is 18.1 Å². The van der Waals surface area contributed by atoms with Crippen LogP contribution < -0.4 is 4.31 Å². The lowest BCUT2D eigenvalue weighted by molar-refractivity contribution is 0.288. The largest absolute Gasteiger partial charge is 0.284 e. The van der Waals surface area contributed by atoms with Gasteiger partial charge in [0.1, 0.15) is 0 Å². The fourth-order valence-corrected chi connectivity index (χ4v) is 3.66. The van der Waals surface area contributed by atoms with Crippen molar-refractivity contribution >= 4 is 27.3 Å². The summed E-state index contributed by atoms with van der Waals surface area (Å²) >= 11 is 5.82. The lowest BCUT2D eigenvalue weighted by atomic mass is 10.3. The molecule has 0 N–H and O–H groups in total. The number of rotatable bonds is 3. The van der Waals surface area contributed by atoms with Gasteiger partial charge >= 0.3 is 0 Å². The predicted octanol–water partition coefficient (Wildman–Crippen LogP) is 2.16. The van der Waals surface area contributed by atoms with Crippen molar-refractivity contribution in [2.45, 2.75) is 13.3 Å². The molecule has 1 aliphatic rings. The number of anilines is 1. The maximum atomic E-state index is 12.1. The van der Waals surface area contributed by atoms with Crippen LogP contribution in [0.3, 0.4) is 0 Å². The average Bonchev–Trinajstić information content (AvgIpc) is 2.33. The molecule has 2 rings (SSSR count). The van der Waals surface area contributed by atoms with Crippen molar-refractivity contribution in [3.8, 4) is 0 Å². The summed E-state index contributed by atoms with van der Waals surface area (Å²) in [6.07, 6.45) is 1.02. The van der Waals surface area contributed by atoms with Crippen LogP contribution in [0.25, 0.3) is 0 Å². The highest BCUT2D eigenvalue weighted by Gasteiger charge is 2.29. The Kier molecular flexibility index (Phi) is 4.14. The predicted molar refractivity (Wildman–Crippen MR) is 74.4 cm³/mol. The summed E-state index contributed by atoms with van der Waals surface area (Å²) < 4.78 is 25.6. The highest BCUT2D eigenvalue weighted by molar-refractivity contribution is 7.92. The van der Waals surface area contributed by atoms with Crippen LogP contribution in [0.15, 0.2) is 24.3 Å². The molecule has 6 heteroatoms. The molecular formula is C12H17ClN2O2S. The zero-order valence-corrected chi connectivity index (χ0v) is 11.9. The summed E-state index contributed by atoms with van der Waals surface area (Å²) in [6.45, 7) is 4.05. The second kappa shape index (κ2) is 5.47. The molecule has 0 unspecified atom stereocenters. The second-order valence-electron chi connectivity index (χ2n) is 4.40. The fraction of sp³-hybridized carbons (Fsp3) is 0.500. The van der Waals surface area contributed by atoms with Gasteiger partial charge in [0.15, 0.2) is 0 Å². The SMILES string of the molecule is CCCN1CCS(=O)(=O)N(c2ccc(Cl)cc2)C1. The third-order valence-corrected chi connectivity index (χ3v) is 4.93. The van der Waals surface area contributed by atoms with Gasteiger partial charge in [-0.25, -0.2) is 8.42 Å². The minimum absolute atomic E-state index is 0.176. The lowest BCUT2D eigenvalue weighted by Crippen LogP contribution is -2.50. The molecule has 0 spiro atoms. The number of sulfonamides is 1. The minimum atomic E-state index is -3.19. The number of hydrogen-bond acceptors (Lipinski definition) is 3. The summed E-state index contributed by atoms with van der Waals surface area (Å²) in [7, 11) is -3.19. The van der Waals surface area contributed by atoms with E-state index in [9.17, 15) is 8.42 Å². The second-order valence-corrected chi connectivity index (χ2v) is 6.85. The van der Waals surface area contributed by atoms with E-state index in [0.29, 0.717) is 23.9 Å². The molecule has 0 aliphatic carbocycles. The van der Waals surface area contributed by atoms with Gasteiger partial charge in [-0.1, -0.05) is 18.5 Å². The van der Waals surface area contributed by atoms with Crippen LogP contribution in [-0.4, -0.2) is 38.8 Å². The zero-order chi connectivity index (χ0) is 13.2. The Balaban J connectivity index is 2.24. The first kappa shape index (κ1) is 13.6. The molecule has 4 nitrogen and oxygen atoms in total. The van der Waals surface area contributed by atoms with Crippen LogP contribution in [-0.2, 0) is 10.0 Å². The molecular weight excluding hydrogens is 272 g/mol. The molecule has 0 aromatic heterocycles. The fourth-order valence-electron chi connectivity index (χ4n) is 2.04. The monoisotopic (exact) mass is 288 g/mol. The summed E-state index contributed by atoms with van der Waals surface area (Å²) in [5.74, 6) is 0.176. The third-order valence-electron chi connectivity index (χ3n) is 2.98. The number of hydrogen-bond donors (Lipinski definition) is 0. The summed E-state index contributed by atoms with van der Waals surface area (Å²) in [6, 6.07) is 6.92. The summed E-state index contributed by atoms with van der Waals surface area (Å²) in [5, 5.41) is 0.610. The van der Waals surface area contributed by atoms with Gasteiger partial charge in [-0.3, -0.25) is 9.21 Å². The summed E-state index contributed by atoms with van der Waals surface area (Å²) in [5.41, 5.74) is 0.681. The van der Waals surface area contributed by atoms with Crippen LogP contribution in [0.1, 0.15) is 13.3 Å². The minimum Gasteiger partial charge on any atom is -0.284 e. The molecule has 1 aromatic rings. The average molecular weight is 289 g/mol. The van der Waals surface area contributed by atoms with Crippen LogP contribution in [0.5, 0.6) is 0 Å². The normalized spacial score (nSPS) is 20.0. The third kappa shape index (κ3) is 2.96. The molecule has 1 aromatic carbocycles. The van der Waals surface area contributed by atoms with E-state index in [0.717, 1.165) is 13.0 Å². The highest BCUT2D eigenvalue weighted by atomic mass is 35.5. The lowest BCUT2D eigenvalue weighted by Gasteiger charge is -2.36. The first-order chi connectivity index (χ1) is 8.53. The van der Waals surface area contributed by atoms with Crippen molar-refractivity contribution < 1.29 is 8.42 Å². The first-order valence-electron chi connectivity index (χ1n) is 6.01. The Labute approximate surface area is 113 Å². The van der Waals surface area contributed by atoms with E-state index in [1.807, 2.05) is 0 Å². The van der Waals surface area contributed by atoms with Gasteiger partial charge < -0.3 is 0 Å². The number of nitrogens with zero attached hydrogens (tertiary/aromatic N) is 2. The molecule has 1 saturated heterocycles. The van der Waals surface area contributed by atoms with Crippen molar-refractivity contribution in [1.29, 1.82) is 0 Å². The molecule has 1 aliphatic heterocycles. The van der Waals surface area contributed by atoms with E-state index >= 15 is 0 Å². The quantitative estimate of drug-likeness (QED) is 0.856. The van der Waals surface area contributed by atoms with E-state index in [1.54, 1.807) is 24.3 Å². The van der Waals surface area contributed by atoms with Crippen LogP contribution in [0, 0.1) is 0 Å². The molecule has 0 bridgehead atoms. The van der Waals surface area contributed by atoms with Gasteiger partial charge in [-0.2, -0.15) is 0 Å². The van der Waals surface area contributed by atoms with E-state index in [2.05, 4.69) is 11.8 Å². The van der Waals surface area contributed by atoms with Gasteiger partial charge in [0.25, 0.3) is 0 Å². The standard InChI is InChI=1S/C12H17ClN2O2S/c1-2-7-14-8-9-18(16,17)15(10-14)12-5-3-11(13)4-6-12/h3-6H,2,7-10H2,1H3. The molecule has 0 radical (unpaired) electrons. The van der Waals surface area contributed by atoms with Crippen LogP contribution in [0.4, 0.5) is 5.69 Å². The Morgan fingerprint density at radius 2 is 1.94 bits per heavy atom. The van der Waals surface area contributed by atoms with E-state index < -0.39 is 10.0 Å². The Morgan fingerprint density at radius 1 is 1.28 bits per heavy atom. The van der Waals surface area contributed by atoms with E-state index in [-0.39, 0.29) is 5.75 Å². The van der Waals surface area contributed by atoms with Crippen molar-refractivity contribution in [1.82, 2.24) is 4.90 Å². The molecule has 1 heterocycles. The first-order valence-corrected chi connectivity index (χ1v) is 8.00. The van der Waals surface area contributed by atoms with Crippen molar-refractivity contribution in [2.75, 3.05) is 29.8 Å². The molecule has 1 fully saturated rings. The van der Waals surface area contributed by atoms with Gasteiger partial charge in [0.2, 0.25) is 10.0 Å². The zero-order valence-electron chi connectivity index (χ0n) is 10.3. The molecule has 0 atom stereocenters. The Hall–Kier alpha value is -0.780. The smallest absolute Gasteiger partial charge is 0.237 e. The Morgan fingerprint density at radius 3 is 2.56 bits per heavy atom. The number of halogens is 1. The molecule has 0 amide bonds. The number of benzene rings is 1. The Bertz CT molecular complexity index is 501. The highest BCUT2D eigenvalue weighted by Crippen LogP contribution is 2.23. The van der Waals surface area contributed by atoms with Crippen LogP contribution in [0.2, 0.25) is 5.02 Å². The summed E-state index contributed by atoms with van der Waals surface area (Å²) in [4.78, 5) is 2.15. The maximum absolute atomic E-state index is 12.1. The molecule has 18 heavy (non-hydrogen) atoms. The molecule has 0 saturated carbocycles. The van der Waals surface area contributed by atoms with Crippen LogP contribution >= 0.6 is 11.6 Å². The van der Waals surface area contributed by atoms with Gasteiger partial charge in [0, 0.05) is 11.6 Å². The maximum Gasteiger partial charge on any atom is 0.237 e. The van der Waals surface area contributed by atoms with E-state index in [1.165, 1.54) is 4.31 Å².